The predicted octanol–water partition coefficient (Wildman–Crippen LogP) is -0.829. The molecular formula is C16H26ClN5O5. The summed E-state index contributed by atoms with van der Waals surface area (Å²) >= 11 is 5.77. The lowest BCUT2D eigenvalue weighted by Gasteiger charge is -2.18. The first-order valence-corrected chi connectivity index (χ1v) is 8.80. The quantitative estimate of drug-likeness (QED) is 0.436. The summed E-state index contributed by atoms with van der Waals surface area (Å²) in [6, 6.07) is -0.377. The highest BCUT2D eigenvalue weighted by Gasteiger charge is 2.37. The molecule has 27 heavy (non-hydrogen) atoms. The fourth-order valence-corrected chi connectivity index (χ4v) is 2.98. The zero-order valence-corrected chi connectivity index (χ0v) is 16.1. The van der Waals surface area contributed by atoms with E-state index in [2.05, 4.69) is 15.7 Å². The fourth-order valence-electron chi connectivity index (χ4n) is 2.82. The third-order valence-electron chi connectivity index (χ3n) is 3.95. The monoisotopic (exact) mass is 403 g/mol. The Morgan fingerprint density at radius 2 is 2.11 bits per heavy atom. The van der Waals surface area contributed by atoms with Gasteiger partial charge in [0, 0.05) is 18.7 Å². The first-order valence-electron chi connectivity index (χ1n) is 8.42. The number of likely N-dealkylation sites (N-methyl/N-ethyl adjacent to an activating group) is 1. The van der Waals surface area contributed by atoms with E-state index in [0.29, 0.717) is 31.0 Å². The molecule has 1 saturated carbocycles. The van der Waals surface area contributed by atoms with E-state index in [0.717, 1.165) is 0 Å². The van der Waals surface area contributed by atoms with Gasteiger partial charge in [-0.2, -0.15) is 5.10 Å². The zero-order chi connectivity index (χ0) is 20.4. The maximum absolute atomic E-state index is 12.2. The van der Waals surface area contributed by atoms with Crippen molar-refractivity contribution < 1.29 is 24.6 Å². The zero-order valence-electron chi connectivity index (χ0n) is 15.3. The summed E-state index contributed by atoms with van der Waals surface area (Å²) in [6.07, 6.45) is 3.32. The van der Waals surface area contributed by atoms with Crippen LogP contribution in [-0.2, 0) is 20.9 Å². The molecule has 1 heterocycles. The number of hydrogen-bond acceptors (Lipinski definition) is 6. The summed E-state index contributed by atoms with van der Waals surface area (Å²) in [4.78, 5) is 34.1. The Bertz CT molecular complexity index is 624. The number of amides is 2. The van der Waals surface area contributed by atoms with Gasteiger partial charge in [-0.1, -0.05) is 11.6 Å². The van der Waals surface area contributed by atoms with Crippen LogP contribution in [0, 0.1) is 5.92 Å². The molecule has 2 amide bonds. The van der Waals surface area contributed by atoms with Crippen LogP contribution in [0.5, 0.6) is 0 Å². The fraction of sp³-hybridized carbons (Fsp3) is 0.625. The first-order chi connectivity index (χ1) is 12.8. The molecule has 3 atom stereocenters. The van der Waals surface area contributed by atoms with Crippen LogP contribution >= 0.6 is 11.6 Å². The van der Waals surface area contributed by atoms with E-state index in [1.165, 1.54) is 6.20 Å². The molecule has 152 valence electrons. The van der Waals surface area contributed by atoms with Gasteiger partial charge in [0.1, 0.15) is 0 Å². The molecule has 11 heteroatoms. The number of aliphatic hydroxyl groups excluding tert-OH is 1. The maximum atomic E-state index is 12.2. The highest BCUT2D eigenvalue weighted by atomic mass is 35.5. The van der Waals surface area contributed by atoms with E-state index in [-0.39, 0.29) is 36.8 Å². The second-order valence-corrected chi connectivity index (χ2v) is 6.90. The average Bonchev–Trinajstić information content (AvgIpc) is 3.13. The normalized spacial score (nSPS) is 21.3. The number of hydrogen-bond donors (Lipinski definition) is 4. The van der Waals surface area contributed by atoms with Gasteiger partial charge < -0.3 is 25.7 Å². The Hall–Kier alpha value is -2.17. The minimum atomic E-state index is -0.697. The summed E-state index contributed by atoms with van der Waals surface area (Å²) in [6.45, 7) is 0.963. The molecule has 0 bridgehead atoms. The molecule has 2 rings (SSSR count). The third kappa shape index (κ3) is 8.37. The number of aromatic nitrogens is 2. The highest BCUT2D eigenvalue weighted by molar-refractivity contribution is 6.30. The van der Waals surface area contributed by atoms with Gasteiger partial charge in [-0.15, -0.1) is 0 Å². The summed E-state index contributed by atoms with van der Waals surface area (Å²) in [5.74, 6) is -0.566. The van der Waals surface area contributed by atoms with E-state index < -0.39 is 6.10 Å². The van der Waals surface area contributed by atoms with Gasteiger partial charge in [0.25, 0.3) is 6.47 Å². The lowest BCUT2D eigenvalue weighted by molar-refractivity contribution is -0.125. The maximum Gasteiger partial charge on any atom is 0.290 e. The standard InChI is InChI=1S/C15H24ClN5O3.CH2O2/c1-20(2)9-14(23)19-12-5-10(6-13(12)22)15(24)17-3-4-21-8-11(16)7-18-21;2-1-3/h7-8,10,12-13,22H,3-6,9H2,1-2H3,(H,17,24)(H,19,23);1H,(H,2,3)/t10-,12-,13-;/m0./s1. The summed E-state index contributed by atoms with van der Waals surface area (Å²) in [5.41, 5.74) is 0. The van der Waals surface area contributed by atoms with Gasteiger partial charge in [-0.05, 0) is 26.9 Å². The molecule has 0 radical (unpaired) electrons. The SMILES string of the molecule is CN(C)CC(=O)N[C@H]1C[C@H](C(=O)NCCn2cc(Cl)cn2)C[C@@H]1O.O=CO. The molecule has 1 aromatic rings. The summed E-state index contributed by atoms with van der Waals surface area (Å²) in [5, 5.41) is 27.2. The van der Waals surface area contributed by atoms with E-state index in [9.17, 15) is 14.7 Å². The van der Waals surface area contributed by atoms with Crippen molar-refractivity contribution >= 4 is 29.9 Å². The second kappa shape index (κ2) is 11.5. The second-order valence-electron chi connectivity index (χ2n) is 6.47. The predicted molar refractivity (Wildman–Crippen MR) is 98.2 cm³/mol. The highest BCUT2D eigenvalue weighted by Crippen LogP contribution is 2.26. The van der Waals surface area contributed by atoms with E-state index in [4.69, 9.17) is 21.5 Å². The Morgan fingerprint density at radius 3 is 2.67 bits per heavy atom. The topological polar surface area (TPSA) is 137 Å². The summed E-state index contributed by atoms with van der Waals surface area (Å²) < 4.78 is 1.65. The molecule has 0 saturated heterocycles. The van der Waals surface area contributed by atoms with Crippen LogP contribution in [-0.4, -0.2) is 82.5 Å². The van der Waals surface area contributed by atoms with Crippen molar-refractivity contribution in [1.82, 2.24) is 25.3 Å². The number of carboxylic acid groups (broad SMARTS) is 1. The Labute approximate surface area is 162 Å². The van der Waals surface area contributed by atoms with Crippen molar-refractivity contribution in [3.63, 3.8) is 0 Å². The number of nitrogens with one attached hydrogen (secondary N) is 2. The van der Waals surface area contributed by atoms with Gasteiger partial charge in [-0.25, -0.2) is 0 Å². The lowest BCUT2D eigenvalue weighted by atomic mass is 10.1. The van der Waals surface area contributed by atoms with Crippen LogP contribution in [0.3, 0.4) is 0 Å². The first kappa shape index (κ1) is 22.9. The molecule has 1 aromatic heterocycles. The van der Waals surface area contributed by atoms with Crippen molar-refractivity contribution in [2.75, 3.05) is 27.2 Å². The number of aliphatic hydroxyl groups is 1. The van der Waals surface area contributed by atoms with Crippen molar-refractivity contribution in [2.24, 2.45) is 5.92 Å². The molecule has 1 fully saturated rings. The molecule has 10 nitrogen and oxygen atoms in total. The Morgan fingerprint density at radius 1 is 1.44 bits per heavy atom. The number of halogens is 1. The van der Waals surface area contributed by atoms with Crippen molar-refractivity contribution in [2.45, 2.75) is 31.5 Å². The van der Waals surface area contributed by atoms with E-state index in [1.807, 2.05) is 0 Å². The smallest absolute Gasteiger partial charge is 0.290 e. The lowest BCUT2D eigenvalue weighted by Crippen LogP contribution is -2.43. The Kier molecular flexibility index (Phi) is 9.76. The van der Waals surface area contributed by atoms with Crippen molar-refractivity contribution in [1.29, 1.82) is 0 Å². The molecule has 0 aromatic carbocycles. The van der Waals surface area contributed by atoms with Crippen LogP contribution in [0.1, 0.15) is 12.8 Å². The number of nitrogens with zero attached hydrogens (tertiary/aromatic N) is 3. The van der Waals surface area contributed by atoms with Crippen LogP contribution in [0.25, 0.3) is 0 Å². The molecule has 1 aliphatic carbocycles. The molecule has 0 unspecified atom stereocenters. The molecule has 1 aliphatic rings. The minimum Gasteiger partial charge on any atom is -0.483 e. The molecule has 0 aliphatic heterocycles. The van der Waals surface area contributed by atoms with Crippen LogP contribution in [0.15, 0.2) is 12.4 Å². The molecular weight excluding hydrogens is 378 g/mol. The van der Waals surface area contributed by atoms with Crippen molar-refractivity contribution in [3.8, 4) is 0 Å². The Balaban J connectivity index is 0.00000114. The number of carbonyl (C=O) groups is 3. The third-order valence-corrected chi connectivity index (χ3v) is 4.14. The van der Waals surface area contributed by atoms with Gasteiger partial charge in [0.05, 0.1) is 36.5 Å². The van der Waals surface area contributed by atoms with Crippen LogP contribution < -0.4 is 10.6 Å². The van der Waals surface area contributed by atoms with Gasteiger partial charge >= 0.3 is 0 Å². The minimum absolute atomic E-state index is 0.114. The van der Waals surface area contributed by atoms with Crippen LogP contribution in [0.2, 0.25) is 5.02 Å². The van der Waals surface area contributed by atoms with E-state index in [1.54, 1.807) is 29.9 Å². The summed E-state index contributed by atoms with van der Waals surface area (Å²) in [7, 11) is 3.60. The molecule has 4 N–H and O–H groups in total. The number of rotatable bonds is 7. The van der Waals surface area contributed by atoms with E-state index >= 15 is 0 Å². The van der Waals surface area contributed by atoms with Gasteiger partial charge in [-0.3, -0.25) is 19.1 Å². The average molecular weight is 404 g/mol. The van der Waals surface area contributed by atoms with Crippen molar-refractivity contribution in [3.05, 3.63) is 17.4 Å². The van der Waals surface area contributed by atoms with Gasteiger partial charge in [0.15, 0.2) is 0 Å². The largest absolute Gasteiger partial charge is 0.483 e. The van der Waals surface area contributed by atoms with Crippen LogP contribution in [0.4, 0.5) is 0 Å². The van der Waals surface area contributed by atoms with Gasteiger partial charge in [0.2, 0.25) is 11.8 Å². The molecule has 0 spiro atoms. The number of carbonyl (C=O) groups excluding carboxylic acids is 2.